The first-order valence-electron chi connectivity index (χ1n) is 10.1. The number of benzene rings is 2. The summed E-state index contributed by atoms with van der Waals surface area (Å²) in [6.07, 6.45) is 3.60. The number of carbonyl (C=O) groups excluding carboxylic acids is 2. The Hall–Kier alpha value is -3.12. The van der Waals surface area contributed by atoms with Crippen molar-refractivity contribution in [3.63, 3.8) is 0 Å². The Labute approximate surface area is 191 Å². The first-order chi connectivity index (χ1) is 15.0. The average Bonchev–Trinajstić information content (AvgIpc) is 3.17. The summed E-state index contributed by atoms with van der Waals surface area (Å²) in [4.78, 5) is 29.7. The van der Waals surface area contributed by atoms with Gasteiger partial charge in [-0.2, -0.15) is 0 Å². The maximum absolute atomic E-state index is 13.4. The van der Waals surface area contributed by atoms with Gasteiger partial charge in [0.2, 0.25) is 5.91 Å². The van der Waals surface area contributed by atoms with Crippen LogP contribution in [0.2, 0.25) is 0 Å². The molecule has 0 fully saturated rings. The van der Waals surface area contributed by atoms with E-state index in [0.29, 0.717) is 25.2 Å². The molecule has 0 N–H and O–H groups in total. The van der Waals surface area contributed by atoms with Gasteiger partial charge in [0.15, 0.2) is 0 Å². The third-order valence-electron chi connectivity index (χ3n) is 5.01. The van der Waals surface area contributed by atoms with E-state index < -0.39 is 0 Å². The van der Waals surface area contributed by atoms with Gasteiger partial charge in [0.05, 0.1) is 6.54 Å². The fourth-order valence-electron chi connectivity index (χ4n) is 3.33. The minimum Gasteiger partial charge on any atom is -0.353 e. The number of aryl methyl sites for hydroxylation is 1. The quantitative estimate of drug-likeness (QED) is 0.419. The van der Waals surface area contributed by atoms with E-state index in [-0.39, 0.29) is 18.4 Å². The Kier molecular flexibility index (Phi) is 7.84. The van der Waals surface area contributed by atoms with Crippen LogP contribution < -0.4 is 0 Å². The van der Waals surface area contributed by atoms with Gasteiger partial charge in [-0.3, -0.25) is 9.59 Å². The van der Waals surface area contributed by atoms with E-state index in [4.69, 9.17) is 0 Å². The molecule has 5 nitrogen and oxygen atoms in total. The second kappa shape index (κ2) is 10.8. The fraction of sp³-hybridized carbons (Fsp3) is 0.200. The summed E-state index contributed by atoms with van der Waals surface area (Å²) in [6, 6.07) is 21.0. The molecule has 0 atom stereocenters. The number of hydrogen-bond acceptors (Lipinski definition) is 2. The molecule has 31 heavy (non-hydrogen) atoms. The van der Waals surface area contributed by atoms with Gasteiger partial charge in [-0.15, -0.1) is 6.58 Å². The SMILES string of the molecule is C=CCN(CC(=O)N(Cc1ccccc1)Cc1cccn1C)C(=O)c1cccc(Br)c1. The second-order valence-electron chi connectivity index (χ2n) is 7.33. The van der Waals surface area contributed by atoms with Gasteiger partial charge in [-0.1, -0.05) is 58.4 Å². The highest BCUT2D eigenvalue weighted by atomic mass is 79.9. The molecule has 1 aromatic heterocycles. The monoisotopic (exact) mass is 479 g/mol. The maximum atomic E-state index is 13.4. The van der Waals surface area contributed by atoms with E-state index in [1.54, 1.807) is 23.1 Å². The minimum atomic E-state index is -0.201. The Balaban J connectivity index is 1.81. The molecular formula is C25H26BrN3O2. The molecule has 2 amide bonds. The lowest BCUT2D eigenvalue weighted by molar-refractivity contribution is -0.133. The molecule has 0 saturated heterocycles. The van der Waals surface area contributed by atoms with Crippen LogP contribution in [0, 0.1) is 0 Å². The van der Waals surface area contributed by atoms with Crippen molar-refractivity contribution in [2.75, 3.05) is 13.1 Å². The van der Waals surface area contributed by atoms with Crippen LogP contribution in [0.5, 0.6) is 0 Å². The van der Waals surface area contributed by atoms with Crippen molar-refractivity contribution in [2.24, 2.45) is 7.05 Å². The molecule has 3 aromatic rings. The summed E-state index contributed by atoms with van der Waals surface area (Å²) in [5.41, 5.74) is 2.59. The summed E-state index contributed by atoms with van der Waals surface area (Å²) in [6.45, 7) is 4.96. The van der Waals surface area contributed by atoms with Crippen molar-refractivity contribution in [3.8, 4) is 0 Å². The second-order valence-corrected chi connectivity index (χ2v) is 8.25. The number of nitrogens with zero attached hydrogens (tertiary/aromatic N) is 3. The molecule has 0 spiro atoms. The van der Waals surface area contributed by atoms with Crippen LogP contribution in [0.3, 0.4) is 0 Å². The van der Waals surface area contributed by atoms with Crippen molar-refractivity contribution >= 4 is 27.7 Å². The molecule has 0 unspecified atom stereocenters. The Bertz CT molecular complexity index is 1050. The van der Waals surface area contributed by atoms with E-state index in [1.807, 2.05) is 72.4 Å². The van der Waals surface area contributed by atoms with E-state index in [1.165, 1.54) is 4.90 Å². The van der Waals surface area contributed by atoms with Gasteiger partial charge < -0.3 is 14.4 Å². The molecule has 160 valence electrons. The molecule has 2 aromatic carbocycles. The van der Waals surface area contributed by atoms with Gasteiger partial charge in [0, 0.05) is 42.1 Å². The van der Waals surface area contributed by atoms with Crippen molar-refractivity contribution in [1.82, 2.24) is 14.4 Å². The molecule has 1 heterocycles. The third-order valence-corrected chi connectivity index (χ3v) is 5.50. The summed E-state index contributed by atoms with van der Waals surface area (Å²) in [5.74, 6) is -0.316. The van der Waals surface area contributed by atoms with Crippen LogP contribution in [-0.2, 0) is 24.9 Å². The smallest absolute Gasteiger partial charge is 0.254 e. The molecule has 0 saturated carbocycles. The molecule has 3 rings (SSSR count). The Morgan fingerprint density at radius 3 is 2.42 bits per heavy atom. The highest BCUT2D eigenvalue weighted by molar-refractivity contribution is 9.10. The van der Waals surface area contributed by atoms with Crippen LogP contribution in [-0.4, -0.2) is 39.3 Å². The van der Waals surface area contributed by atoms with E-state index >= 15 is 0 Å². The first-order valence-corrected chi connectivity index (χ1v) is 10.8. The molecular weight excluding hydrogens is 454 g/mol. The van der Waals surface area contributed by atoms with Crippen LogP contribution in [0.25, 0.3) is 0 Å². The largest absolute Gasteiger partial charge is 0.353 e. The van der Waals surface area contributed by atoms with Gasteiger partial charge in [-0.05, 0) is 35.9 Å². The number of carbonyl (C=O) groups is 2. The highest BCUT2D eigenvalue weighted by Gasteiger charge is 2.22. The number of amides is 2. The Morgan fingerprint density at radius 1 is 1.00 bits per heavy atom. The van der Waals surface area contributed by atoms with Crippen molar-refractivity contribution < 1.29 is 9.59 Å². The molecule has 6 heteroatoms. The lowest BCUT2D eigenvalue weighted by atomic mass is 10.2. The van der Waals surface area contributed by atoms with Crippen LogP contribution in [0.4, 0.5) is 0 Å². The number of hydrogen-bond donors (Lipinski definition) is 0. The van der Waals surface area contributed by atoms with Gasteiger partial charge >= 0.3 is 0 Å². The topological polar surface area (TPSA) is 45.6 Å². The van der Waals surface area contributed by atoms with Gasteiger partial charge in [0.1, 0.15) is 6.54 Å². The van der Waals surface area contributed by atoms with E-state index in [0.717, 1.165) is 15.7 Å². The standard InChI is InChI=1S/C25H26BrN3O2/c1-3-14-28(25(31)21-11-7-12-22(26)16-21)19-24(30)29(17-20-9-5-4-6-10-20)18-23-13-8-15-27(23)2/h3-13,15-16H,1,14,17-19H2,2H3. The van der Waals surface area contributed by atoms with Crippen molar-refractivity contribution in [3.05, 3.63) is 107 Å². The minimum absolute atomic E-state index is 0.0192. The van der Waals surface area contributed by atoms with Crippen LogP contribution >= 0.6 is 15.9 Å². The van der Waals surface area contributed by atoms with Gasteiger partial charge in [-0.25, -0.2) is 0 Å². The lowest BCUT2D eigenvalue weighted by Crippen LogP contribution is -2.42. The summed E-state index contributed by atoms with van der Waals surface area (Å²) in [5, 5.41) is 0. The summed E-state index contributed by atoms with van der Waals surface area (Å²) >= 11 is 3.40. The van der Waals surface area contributed by atoms with Crippen molar-refractivity contribution in [1.29, 1.82) is 0 Å². The van der Waals surface area contributed by atoms with Crippen LogP contribution in [0.15, 0.2) is 90.1 Å². The predicted molar refractivity (Wildman–Crippen MR) is 126 cm³/mol. The number of halogens is 1. The first kappa shape index (κ1) is 22.6. The van der Waals surface area contributed by atoms with Gasteiger partial charge in [0.25, 0.3) is 5.91 Å². The summed E-state index contributed by atoms with van der Waals surface area (Å²) < 4.78 is 2.82. The zero-order valence-corrected chi connectivity index (χ0v) is 19.2. The van der Waals surface area contributed by atoms with E-state index in [9.17, 15) is 9.59 Å². The Morgan fingerprint density at radius 2 is 1.77 bits per heavy atom. The zero-order valence-electron chi connectivity index (χ0n) is 17.6. The fourth-order valence-corrected chi connectivity index (χ4v) is 3.73. The highest BCUT2D eigenvalue weighted by Crippen LogP contribution is 2.15. The molecule has 0 aliphatic heterocycles. The normalized spacial score (nSPS) is 10.5. The summed E-state index contributed by atoms with van der Waals surface area (Å²) in [7, 11) is 1.96. The maximum Gasteiger partial charge on any atom is 0.254 e. The molecule has 0 bridgehead atoms. The number of rotatable bonds is 9. The van der Waals surface area contributed by atoms with Crippen molar-refractivity contribution in [2.45, 2.75) is 13.1 Å². The average molecular weight is 480 g/mol. The molecule has 0 aliphatic carbocycles. The van der Waals surface area contributed by atoms with Crippen LogP contribution in [0.1, 0.15) is 21.6 Å². The predicted octanol–water partition coefficient (Wildman–Crippen LogP) is 4.64. The molecule has 0 radical (unpaired) electrons. The van der Waals surface area contributed by atoms with E-state index in [2.05, 4.69) is 22.5 Å². The zero-order chi connectivity index (χ0) is 22.2. The lowest BCUT2D eigenvalue weighted by Gasteiger charge is -2.27. The molecule has 0 aliphatic rings. The third kappa shape index (κ3) is 6.18. The number of aromatic nitrogens is 1.